The van der Waals surface area contributed by atoms with Crippen LogP contribution in [0.15, 0.2) is 12.1 Å². The topological polar surface area (TPSA) is 41.9 Å². The lowest BCUT2D eigenvalue weighted by Gasteiger charge is -2.36. The van der Waals surface area contributed by atoms with Gasteiger partial charge in [0.25, 0.3) is 0 Å². The molecule has 1 heterocycles. The molecular formula is C17H26ClNO3. The number of aryl methyl sites for hydroxylation is 2. The van der Waals surface area contributed by atoms with Crippen LogP contribution in [0.1, 0.15) is 25.0 Å². The van der Waals surface area contributed by atoms with Crippen molar-refractivity contribution in [2.75, 3.05) is 26.2 Å². The van der Waals surface area contributed by atoms with E-state index < -0.39 is 6.10 Å². The van der Waals surface area contributed by atoms with E-state index in [2.05, 4.69) is 18.7 Å². The van der Waals surface area contributed by atoms with Crippen LogP contribution in [0.3, 0.4) is 0 Å². The molecular weight excluding hydrogens is 302 g/mol. The molecule has 1 aromatic rings. The van der Waals surface area contributed by atoms with E-state index in [1.807, 2.05) is 26.0 Å². The first-order valence-electron chi connectivity index (χ1n) is 7.80. The number of morpholine rings is 1. The van der Waals surface area contributed by atoms with Crippen molar-refractivity contribution in [1.82, 2.24) is 4.90 Å². The Balaban J connectivity index is 1.84. The van der Waals surface area contributed by atoms with Crippen LogP contribution in [0.25, 0.3) is 0 Å². The lowest BCUT2D eigenvalue weighted by molar-refractivity contribution is -0.0786. The number of nitrogens with zero attached hydrogens (tertiary/aromatic N) is 1. The van der Waals surface area contributed by atoms with Crippen molar-refractivity contribution in [1.29, 1.82) is 0 Å². The molecule has 22 heavy (non-hydrogen) atoms. The van der Waals surface area contributed by atoms with E-state index in [1.54, 1.807) is 0 Å². The normalized spacial score (nSPS) is 24.3. The zero-order chi connectivity index (χ0) is 16.3. The molecule has 1 aromatic carbocycles. The second-order valence-corrected chi connectivity index (χ2v) is 6.69. The summed E-state index contributed by atoms with van der Waals surface area (Å²) in [7, 11) is 0. The largest absolute Gasteiger partial charge is 0.491 e. The number of hydrogen-bond donors (Lipinski definition) is 1. The van der Waals surface area contributed by atoms with Crippen LogP contribution < -0.4 is 4.74 Å². The van der Waals surface area contributed by atoms with E-state index in [4.69, 9.17) is 21.1 Å². The first-order valence-corrected chi connectivity index (χ1v) is 8.18. The van der Waals surface area contributed by atoms with Crippen LogP contribution >= 0.6 is 11.6 Å². The maximum absolute atomic E-state index is 10.2. The van der Waals surface area contributed by atoms with Gasteiger partial charge in [0.05, 0.1) is 12.2 Å². The predicted octanol–water partition coefficient (Wildman–Crippen LogP) is 2.81. The Morgan fingerprint density at radius 3 is 2.36 bits per heavy atom. The van der Waals surface area contributed by atoms with Gasteiger partial charge in [-0.15, -0.1) is 0 Å². The monoisotopic (exact) mass is 327 g/mol. The Morgan fingerprint density at radius 1 is 1.27 bits per heavy atom. The lowest BCUT2D eigenvalue weighted by atomic mass is 10.1. The minimum Gasteiger partial charge on any atom is -0.491 e. The molecule has 0 bridgehead atoms. The zero-order valence-corrected chi connectivity index (χ0v) is 14.6. The number of ether oxygens (including phenoxy) is 2. The van der Waals surface area contributed by atoms with E-state index in [0.29, 0.717) is 6.54 Å². The Bertz CT molecular complexity index is 476. The Labute approximate surface area is 138 Å². The van der Waals surface area contributed by atoms with Crippen LogP contribution in [0.2, 0.25) is 5.02 Å². The van der Waals surface area contributed by atoms with E-state index in [-0.39, 0.29) is 18.8 Å². The molecule has 3 atom stereocenters. The highest BCUT2D eigenvalue weighted by atomic mass is 35.5. The summed E-state index contributed by atoms with van der Waals surface area (Å²) in [4.78, 5) is 2.23. The van der Waals surface area contributed by atoms with Crippen LogP contribution in [0.5, 0.6) is 5.75 Å². The third-order valence-electron chi connectivity index (χ3n) is 3.82. The maximum Gasteiger partial charge on any atom is 0.120 e. The molecule has 1 N–H and O–H groups in total. The number of halogens is 1. The molecule has 0 amide bonds. The van der Waals surface area contributed by atoms with E-state index in [1.165, 1.54) is 0 Å². The maximum atomic E-state index is 10.2. The molecule has 1 aliphatic rings. The molecule has 0 saturated carbocycles. The summed E-state index contributed by atoms with van der Waals surface area (Å²) < 4.78 is 11.4. The van der Waals surface area contributed by atoms with Gasteiger partial charge in [-0.05, 0) is 51.0 Å². The number of benzene rings is 1. The van der Waals surface area contributed by atoms with Crippen LogP contribution in [-0.2, 0) is 4.74 Å². The van der Waals surface area contributed by atoms with Gasteiger partial charge in [0.15, 0.2) is 0 Å². The summed E-state index contributed by atoms with van der Waals surface area (Å²) in [6.45, 7) is 10.6. The van der Waals surface area contributed by atoms with Gasteiger partial charge in [0, 0.05) is 24.7 Å². The van der Waals surface area contributed by atoms with Crippen molar-refractivity contribution in [3.63, 3.8) is 0 Å². The Morgan fingerprint density at radius 2 is 1.82 bits per heavy atom. The highest BCUT2D eigenvalue weighted by Crippen LogP contribution is 2.26. The second kappa shape index (κ2) is 7.64. The highest BCUT2D eigenvalue weighted by molar-refractivity contribution is 6.32. The third-order valence-corrected chi connectivity index (χ3v) is 4.41. The number of hydrogen-bond acceptors (Lipinski definition) is 4. The molecule has 0 unspecified atom stereocenters. The number of rotatable bonds is 5. The minimum atomic E-state index is -0.520. The Hall–Kier alpha value is -0.810. The van der Waals surface area contributed by atoms with Gasteiger partial charge < -0.3 is 14.6 Å². The minimum absolute atomic E-state index is 0.207. The predicted molar refractivity (Wildman–Crippen MR) is 88.9 cm³/mol. The molecule has 124 valence electrons. The fourth-order valence-electron chi connectivity index (χ4n) is 2.97. The van der Waals surface area contributed by atoms with Gasteiger partial charge in [-0.25, -0.2) is 0 Å². The summed E-state index contributed by atoms with van der Waals surface area (Å²) >= 11 is 6.15. The summed E-state index contributed by atoms with van der Waals surface area (Å²) in [5, 5.41) is 11.0. The van der Waals surface area contributed by atoms with Gasteiger partial charge in [-0.1, -0.05) is 11.6 Å². The summed E-state index contributed by atoms with van der Waals surface area (Å²) in [6, 6.07) is 3.81. The first kappa shape index (κ1) is 17.5. The number of aliphatic hydroxyl groups is 1. The zero-order valence-electron chi connectivity index (χ0n) is 13.8. The molecule has 0 radical (unpaired) electrons. The smallest absolute Gasteiger partial charge is 0.120 e. The standard InChI is InChI=1S/C17H26ClNO3/c1-11-5-16(6-12(2)17(11)18)21-10-15(20)9-19-7-13(3)22-14(4)8-19/h5-6,13-15,20H,7-10H2,1-4H3/t13-,14-,15+/m1/s1. The quantitative estimate of drug-likeness (QED) is 0.903. The highest BCUT2D eigenvalue weighted by Gasteiger charge is 2.23. The summed E-state index contributed by atoms with van der Waals surface area (Å²) in [5.41, 5.74) is 1.98. The van der Waals surface area contributed by atoms with Gasteiger partial charge in [-0.2, -0.15) is 0 Å². The van der Waals surface area contributed by atoms with Crippen LogP contribution in [-0.4, -0.2) is 54.6 Å². The van der Waals surface area contributed by atoms with Gasteiger partial charge in [0.1, 0.15) is 18.5 Å². The lowest BCUT2D eigenvalue weighted by Crippen LogP contribution is -2.48. The van der Waals surface area contributed by atoms with Gasteiger partial charge in [-0.3, -0.25) is 4.90 Å². The van der Waals surface area contributed by atoms with Crippen LogP contribution in [0.4, 0.5) is 0 Å². The molecule has 2 rings (SSSR count). The third kappa shape index (κ3) is 4.85. The molecule has 0 aromatic heterocycles. The fourth-order valence-corrected chi connectivity index (χ4v) is 3.08. The van der Waals surface area contributed by atoms with E-state index in [9.17, 15) is 5.11 Å². The Kier molecular flexibility index (Phi) is 6.09. The molecule has 1 fully saturated rings. The van der Waals surface area contributed by atoms with Crippen molar-refractivity contribution in [2.45, 2.75) is 46.0 Å². The molecule has 0 spiro atoms. The SMILES string of the molecule is Cc1cc(OC[C@@H](O)CN2C[C@@H](C)O[C@H](C)C2)cc(C)c1Cl. The summed E-state index contributed by atoms with van der Waals surface area (Å²) in [6.07, 6.45) is -0.106. The van der Waals surface area contributed by atoms with Gasteiger partial charge >= 0.3 is 0 Å². The average molecular weight is 328 g/mol. The van der Waals surface area contributed by atoms with E-state index in [0.717, 1.165) is 35.0 Å². The number of β-amino-alcohol motifs (C(OH)–C–C–N with tert-alkyl or cyclic N) is 1. The summed E-state index contributed by atoms with van der Waals surface area (Å²) in [5.74, 6) is 0.752. The van der Waals surface area contributed by atoms with Crippen molar-refractivity contribution >= 4 is 11.6 Å². The van der Waals surface area contributed by atoms with Gasteiger partial charge in [0.2, 0.25) is 0 Å². The molecule has 0 aliphatic carbocycles. The van der Waals surface area contributed by atoms with E-state index >= 15 is 0 Å². The molecule has 1 aliphatic heterocycles. The molecule has 4 nitrogen and oxygen atoms in total. The van der Waals surface area contributed by atoms with Crippen molar-refractivity contribution in [2.24, 2.45) is 0 Å². The molecule has 1 saturated heterocycles. The number of aliphatic hydroxyl groups excluding tert-OH is 1. The van der Waals surface area contributed by atoms with Crippen molar-refractivity contribution < 1.29 is 14.6 Å². The van der Waals surface area contributed by atoms with Crippen LogP contribution in [0, 0.1) is 13.8 Å². The first-order chi connectivity index (χ1) is 10.3. The average Bonchev–Trinajstić information content (AvgIpc) is 2.41. The van der Waals surface area contributed by atoms with Crippen molar-refractivity contribution in [3.8, 4) is 5.75 Å². The fraction of sp³-hybridized carbons (Fsp3) is 0.647. The molecule has 5 heteroatoms. The van der Waals surface area contributed by atoms with Crippen molar-refractivity contribution in [3.05, 3.63) is 28.3 Å². The second-order valence-electron chi connectivity index (χ2n) is 6.31.